The van der Waals surface area contributed by atoms with Gasteiger partial charge in [0.15, 0.2) is 0 Å². The van der Waals surface area contributed by atoms with Crippen LogP contribution < -0.4 is 11.1 Å². The fourth-order valence-corrected chi connectivity index (χ4v) is 1.79. The fourth-order valence-electron chi connectivity index (χ4n) is 1.79. The van der Waals surface area contributed by atoms with E-state index in [1.54, 1.807) is 31.2 Å². The van der Waals surface area contributed by atoms with E-state index in [2.05, 4.69) is 5.32 Å². The first-order valence-corrected chi connectivity index (χ1v) is 6.99. The number of aromatic hydroxyl groups is 1. The zero-order valence-corrected chi connectivity index (χ0v) is 12.2. The van der Waals surface area contributed by atoms with Crippen LogP contribution in [0.25, 0.3) is 0 Å². The molecule has 1 amide bonds. The van der Waals surface area contributed by atoms with Gasteiger partial charge in [0.1, 0.15) is 5.75 Å². The van der Waals surface area contributed by atoms with Crippen molar-refractivity contribution >= 4 is 11.9 Å². The molecule has 0 aromatic heterocycles. The Morgan fingerprint density at radius 1 is 1.33 bits per heavy atom. The molecule has 6 nitrogen and oxygen atoms in total. The van der Waals surface area contributed by atoms with Crippen molar-refractivity contribution in [2.24, 2.45) is 5.73 Å². The summed E-state index contributed by atoms with van der Waals surface area (Å²) in [6.45, 7) is 2.51. The number of benzene rings is 1. The summed E-state index contributed by atoms with van der Waals surface area (Å²) in [4.78, 5) is 22.9. The third-order valence-corrected chi connectivity index (χ3v) is 2.89. The lowest BCUT2D eigenvalue weighted by molar-refractivity contribution is -0.143. The van der Waals surface area contributed by atoms with Crippen molar-refractivity contribution in [2.75, 3.05) is 13.2 Å². The Morgan fingerprint density at radius 3 is 2.62 bits per heavy atom. The summed E-state index contributed by atoms with van der Waals surface area (Å²) in [6, 6.07) is 5.91. The van der Waals surface area contributed by atoms with E-state index in [-0.39, 0.29) is 24.0 Å². The van der Waals surface area contributed by atoms with Crippen molar-refractivity contribution in [2.45, 2.75) is 32.2 Å². The van der Waals surface area contributed by atoms with Crippen LogP contribution in [0.4, 0.5) is 0 Å². The normalized spacial score (nSPS) is 11.7. The zero-order chi connectivity index (χ0) is 15.7. The Balaban J connectivity index is 2.25. The topological polar surface area (TPSA) is 102 Å². The van der Waals surface area contributed by atoms with Gasteiger partial charge in [-0.2, -0.15) is 0 Å². The number of amides is 1. The van der Waals surface area contributed by atoms with E-state index in [1.807, 2.05) is 0 Å². The molecule has 0 heterocycles. The van der Waals surface area contributed by atoms with Gasteiger partial charge in [0, 0.05) is 13.0 Å². The van der Waals surface area contributed by atoms with Crippen LogP contribution in [0, 0.1) is 0 Å². The molecule has 6 heteroatoms. The van der Waals surface area contributed by atoms with E-state index in [4.69, 9.17) is 10.5 Å². The molecule has 0 saturated heterocycles. The van der Waals surface area contributed by atoms with Crippen LogP contribution in [0.15, 0.2) is 24.3 Å². The summed E-state index contributed by atoms with van der Waals surface area (Å²) >= 11 is 0. The SMILES string of the molecule is CCOC(=O)CCCNC(=O)[C@@H](N)Cc1ccc(O)cc1. The summed E-state index contributed by atoms with van der Waals surface area (Å²) in [6.07, 6.45) is 1.20. The maximum Gasteiger partial charge on any atom is 0.305 e. The molecule has 0 aliphatic rings. The lowest BCUT2D eigenvalue weighted by Gasteiger charge is -2.12. The van der Waals surface area contributed by atoms with Crippen LogP contribution >= 0.6 is 0 Å². The van der Waals surface area contributed by atoms with Crippen LogP contribution in [0.1, 0.15) is 25.3 Å². The van der Waals surface area contributed by atoms with Crippen molar-refractivity contribution in [1.29, 1.82) is 0 Å². The highest BCUT2D eigenvalue weighted by atomic mass is 16.5. The Kier molecular flexibility index (Phi) is 7.25. The molecule has 1 atom stereocenters. The molecule has 0 spiro atoms. The monoisotopic (exact) mass is 294 g/mol. The van der Waals surface area contributed by atoms with Crippen LogP contribution in [-0.4, -0.2) is 36.2 Å². The van der Waals surface area contributed by atoms with Gasteiger partial charge >= 0.3 is 5.97 Å². The Hall–Kier alpha value is -2.08. The summed E-state index contributed by atoms with van der Waals surface area (Å²) in [5.41, 5.74) is 6.69. The molecule has 0 bridgehead atoms. The quantitative estimate of drug-likeness (QED) is 0.484. The Bertz CT molecular complexity index is 459. The highest BCUT2D eigenvalue weighted by Gasteiger charge is 2.13. The maximum atomic E-state index is 11.8. The molecule has 1 aromatic rings. The van der Waals surface area contributed by atoms with Gasteiger partial charge in [0.25, 0.3) is 0 Å². The van der Waals surface area contributed by atoms with Gasteiger partial charge in [-0.05, 0) is 37.5 Å². The van der Waals surface area contributed by atoms with Gasteiger partial charge in [0.05, 0.1) is 12.6 Å². The van der Waals surface area contributed by atoms with E-state index >= 15 is 0 Å². The van der Waals surface area contributed by atoms with E-state index in [0.29, 0.717) is 26.0 Å². The number of hydrogen-bond donors (Lipinski definition) is 3. The van der Waals surface area contributed by atoms with E-state index in [1.165, 1.54) is 0 Å². The molecular formula is C15H22N2O4. The summed E-state index contributed by atoms with van der Waals surface area (Å²) in [5, 5.41) is 11.9. The van der Waals surface area contributed by atoms with Crippen LogP contribution in [0.3, 0.4) is 0 Å². The molecule has 1 rings (SSSR count). The van der Waals surface area contributed by atoms with Gasteiger partial charge in [-0.15, -0.1) is 0 Å². The molecule has 0 aliphatic carbocycles. The highest BCUT2D eigenvalue weighted by molar-refractivity contribution is 5.81. The third kappa shape index (κ3) is 6.76. The van der Waals surface area contributed by atoms with Crippen LogP contribution in [0.5, 0.6) is 5.75 Å². The number of hydrogen-bond acceptors (Lipinski definition) is 5. The number of ether oxygens (including phenoxy) is 1. The van der Waals surface area contributed by atoms with Crippen molar-refractivity contribution < 1.29 is 19.4 Å². The summed E-state index contributed by atoms with van der Waals surface area (Å²) in [7, 11) is 0. The smallest absolute Gasteiger partial charge is 0.305 e. The second-order valence-corrected chi connectivity index (χ2v) is 4.68. The second kappa shape index (κ2) is 8.97. The molecule has 116 valence electrons. The molecule has 1 aromatic carbocycles. The minimum Gasteiger partial charge on any atom is -0.508 e. The molecule has 4 N–H and O–H groups in total. The zero-order valence-electron chi connectivity index (χ0n) is 12.2. The first-order chi connectivity index (χ1) is 10.0. The molecule has 0 radical (unpaired) electrons. The van der Waals surface area contributed by atoms with Crippen molar-refractivity contribution in [1.82, 2.24) is 5.32 Å². The van der Waals surface area contributed by atoms with Gasteiger partial charge < -0.3 is 20.9 Å². The van der Waals surface area contributed by atoms with Gasteiger partial charge in [-0.3, -0.25) is 9.59 Å². The van der Waals surface area contributed by atoms with E-state index < -0.39 is 6.04 Å². The number of nitrogens with one attached hydrogen (secondary N) is 1. The minimum atomic E-state index is -0.655. The number of rotatable bonds is 8. The standard InChI is InChI=1S/C15H22N2O4/c1-2-21-14(19)4-3-9-17-15(20)13(16)10-11-5-7-12(18)8-6-11/h5-8,13,18H,2-4,9-10,16H2,1H3,(H,17,20)/t13-/m0/s1. The highest BCUT2D eigenvalue weighted by Crippen LogP contribution is 2.10. The van der Waals surface area contributed by atoms with Crippen molar-refractivity contribution in [3.05, 3.63) is 29.8 Å². The van der Waals surface area contributed by atoms with Crippen LogP contribution in [0.2, 0.25) is 0 Å². The third-order valence-electron chi connectivity index (χ3n) is 2.89. The summed E-state index contributed by atoms with van der Waals surface area (Å²) in [5.74, 6) is -0.345. The maximum absolute atomic E-state index is 11.8. The largest absolute Gasteiger partial charge is 0.508 e. The average Bonchev–Trinajstić information content (AvgIpc) is 2.46. The van der Waals surface area contributed by atoms with Crippen molar-refractivity contribution in [3.63, 3.8) is 0 Å². The number of carbonyl (C=O) groups is 2. The van der Waals surface area contributed by atoms with Crippen molar-refractivity contribution in [3.8, 4) is 5.75 Å². The fraction of sp³-hybridized carbons (Fsp3) is 0.467. The second-order valence-electron chi connectivity index (χ2n) is 4.68. The molecule has 0 aliphatic heterocycles. The average molecular weight is 294 g/mol. The molecule has 0 unspecified atom stereocenters. The van der Waals surface area contributed by atoms with E-state index in [9.17, 15) is 14.7 Å². The number of esters is 1. The molecule has 0 fully saturated rings. The Morgan fingerprint density at radius 2 is 2.00 bits per heavy atom. The molecule has 0 saturated carbocycles. The predicted octanol–water partition coefficient (Wildman–Crippen LogP) is 0.722. The molecular weight excluding hydrogens is 272 g/mol. The lowest BCUT2D eigenvalue weighted by Crippen LogP contribution is -2.42. The Labute approximate surface area is 124 Å². The van der Waals surface area contributed by atoms with Gasteiger partial charge in [0.2, 0.25) is 5.91 Å². The van der Waals surface area contributed by atoms with E-state index in [0.717, 1.165) is 5.56 Å². The summed E-state index contributed by atoms with van der Waals surface area (Å²) < 4.78 is 4.79. The number of nitrogens with two attached hydrogens (primary N) is 1. The lowest BCUT2D eigenvalue weighted by atomic mass is 10.1. The molecule has 21 heavy (non-hydrogen) atoms. The number of phenols is 1. The minimum absolute atomic E-state index is 0.177. The van der Waals surface area contributed by atoms with Gasteiger partial charge in [-0.1, -0.05) is 12.1 Å². The first kappa shape index (κ1) is 17.0. The van der Waals surface area contributed by atoms with Crippen LogP contribution in [-0.2, 0) is 20.7 Å². The number of phenolic OH excluding ortho intramolecular Hbond substituents is 1. The number of carbonyl (C=O) groups excluding carboxylic acids is 2. The van der Waals surface area contributed by atoms with Gasteiger partial charge in [-0.25, -0.2) is 0 Å². The predicted molar refractivity (Wildman–Crippen MR) is 78.7 cm³/mol. The first-order valence-electron chi connectivity index (χ1n) is 6.99.